The smallest absolute Gasteiger partial charge is 0.269 e. The van der Waals surface area contributed by atoms with Crippen molar-refractivity contribution >= 4 is 11.6 Å². The second kappa shape index (κ2) is 8.80. The summed E-state index contributed by atoms with van der Waals surface area (Å²) in [7, 11) is 3.07. The SMILES string of the molecule is COCCCNC(=O)/C(Cc1ccc(OC)cc1O)=N/O. The average Bonchev–Trinajstić information content (AvgIpc) is 2.50. The van der Waals surface area contributed by atoms with Gasteiger partial charge in [-0.1, -0.05) is 11.2 Å². The highest BCUT2D eigenvalue weighted by molar-refractivity contribution is 6.39. The van der Waals surface area contributed by atoms with Crippen LogP contribution in [0.3, 0.4) is 0 Å². The number of nitrogens with one attached hydrogen (secondary N) is 1. The molecule has 1 aromatic carbocycles. The fourth-order valence-corrected chi connectivity index (χ4v) is 1.68. The van der Waals surface area contributed by atoms with Gasteiger partial charge in [-0.25, -0.2) is 0 Å². The number of hydrogen-bond acceptors (Lipinski definition) is 6. The van der Waals surface area contributed by atoms with Gasteiger partial charge >= 0.3 is 0 Å². The van der Waals surface area contributed by atoms with Crippen molar-refractivity contribution < 1.29 is 24.6 Å². The molecule has 0 saturated carbocycles. The number of benzene rings is 1. The van der Waals surface area contributed by atoms with Gasteiger partial charge in [-0.05, 0) is 12.5 Å². The third kappa shape index (κ3) is 5.31. The topological polar surface area (TPSA) is 100 Å². The van der Waals surface area contributed by atoms with Crippen molar-refractivity contribution in [3.63, 3.8) is 0 Å². The van der Waals surface area contributed by atoms with Gasteiger partial charge < -0.3 is 25.1 Å². The van der Waals surface area contributed by atoms with Gasteiger partial charge in [0, 0.05) is 38.3 Å². The van der Waals surface area contributed by atoms with E-state index in [0.29, 0.717) is 30.9 Å². The zero-order chi connectivity index (χ0) is 15.7. The van der Waals surface area contributed by atoms with Crippen molar-refractivity contribution in [1.82, 2.24) is 5.32 Å². The molecule has 0 spiro atoms. The van der Waals surface area contributed by atoms with Gasteiger partial charge in [-0.2, -0.15) is 0 Å². The Bertz CT molecular complexity index is 502. The Labute approximate surface area is 123 Å². The Hall–Kier alpha value is -2.28. The Morgan fingerprint density at radius 3 is 2.71 bits per heavy atom. The van der Waals surface area contributed by atoms with Crippen LogP contribution in [0.5, 0.6) is 11.5 Å². The summed E-state index contributed by atoms with van der Waals surface area (Å²) in [5.74, 6) is -0.00532. The summed E-state index contributed by atoms with van der Waals surface area (Å²) in [6.45, 7) is 0.950. The second-order valence-electron chi connectivity index (χ2n) is 4.32. The highest BCUT2D eigenvalue weighted by Crippen LogP contribution is 2.23. The van der Waals surface area contributed by atoms with Crippen LogP contribution in [0.1, 0.15) is 12.0 Å². The first-order chi connectivity index (χ1) is 10.1. The molecule has 0 bridgehead atoms. The fraction of sp³-hybridized carbons (Fsp3) is 0.429. The molecule has 0 unspecified atom stereocenters. The molecular formula is C14H20N2O5. The van der Waals surface area contributed by atoms with Crippen molar-refractivity contribution in [2.75, 3.05) is 27.4 Å². The molecule has 1 amide bonds. The molecular weight excluding hydrogens is 276 g/mol. The molecule has 0 aliphatic heterocycles. The van der Waals surface area contributed by atoms with Crippen molar-refractivity contribution in [1.29, 1.82) is 0 Å². The monoisotopic (exact) mass is 296 g/mol. The van der Waals surface area contributed by atoms with E-state index in [1.807, 2.05) is 0 Å². The quantitative estimate of drug-likeness (QED) is 0.287. The molecule has 0 aromatic heterocycles. The summed E-state index contributed by atoms with van der Waals surface area (Å²) in [4.78, 5) is 11.8. The van der Waals surface area contributed by atoms with Gasteiger partial charge in [0.25, 0.3) is 5.91 Å². The van der Waals surface area contributed by atoms with Gasteiger partial charge in [0.1, 0.15) is 17.2 Å². The van der Waals surface area contributed by atoms with Gasteiger partial charge in [-0.15, -0.1) is 0 Å². The maximum Gasteiger partial charge on any atom is 0.269 e. The number of hydrogen-bond donors (Lipinski definition) is 3. The first kappa shape index (κ1) is 16.8. The minimum Gasteiger partial charge on any atom is -0.508 e. The molecule has 0 radical (unpaired) electrons. The largest absolute Gasteiger partial charge is 0.508 e. The number of carbonyl (C=O) groups excluding carboxylic acids is 1. The number of nitrogens with zero attached hydrogens (tertiary/aromatic N) is 1. The maximum atomic E-state index is 11.8. The standard InChI is InChI=1S/C14H20N2O5/c1-20-7-3-6-15-14(18)12(16-19)8-10-4-5-11(21-2)9-13(10)17/h4-5,9,17,19H,3,6-8H2,1-2H3,(H,15,18)/b16-12+. The number of amides is 1. The number of rotatable bonds is 8. The summed E-state index contributed by atoms with van der Waals surface area (Å²) in [5, 5.41) is 24.4. The van der Waals surface area contributed by atoms with Crippen molar-refractivity contribution in [3.05, 3.63) is 23.8 Å². The van der Waals surface area contributed by atoms with E-state index in [1.54, 1.807) is 19.2 Å². The van der Waals surface area contributed by atoms with Crippen LogP contribution in [0.4, 0.5) is 0 Å². The number of carbonyl (C=O) groups is 1. The third-order valence-electron chi connectivity index (χ3n) is 2.84. The second-order valence-corrected chi connectivity index (χ2v) is 4.32. The summed E-state index contributed by atoms with van der Waals surface area (Å²) < 4.78 is 9.84. The van der Waals surface area contributed by atoms with Crippen LogP contribution < -0.4 is 10.1 Å². The lowest BCUT2D eigenvalue weighted by Gasteiger charge is -2.09. The van der Waals surface area contributed by atoms with E-state index in [0.717, 1.165) is 0 Å². The highest BCUT2D eigenvalue weighted by atomic mass is 16.5. The fourth-order valence-electron chi connectivity index (χ4n) is 1.68. The van der Waals surface area contributed by atoms with E-state index in [1.165, 1.54) is 13.2 Å². The minimum atomic E-state index is -0.483. The molecule has 21 heavy (non-hydrogen) atoms. The summed E-state index contributed by atoms with van der Waals surface area (Å²) in [6.07, 6.45) is 0.678. The molecule has 3 N–H and O–H groups in total. The predicted octanol–water partition coefficient (Wildman–Crippen LogP) is 0.926. The normalized spacial score (nSPS) is 11.2. The van der Waals surface area contributed by atoms with Gasteiger partial charge in [-0.3, -0.25) is 4.79 Å². The van der Waals surface area contributed by atoms with E-state index in [2.05, 4.69) is 10.5 Å². The molecule has 0 aliphatic carbocycles. The first-order valence-electron chi connectivity index (χ1n) is 6.46. The van der Waals surface area contributed by atoms with Crippen LogP contribution in [0.2, 0.25) is 0 Å². The number of ether oxygens (including phenoxy) is 2. The Morgan fingerprint density at radius 2 is 2.14 bits per heavy atom. The molecule has 1 rings (SSSR count). The number of methoxy groups -OCH3 is 2. The molecule has 116 valence electrons. The molecule has 7 heteroatoms. The molecule has 1 aromatic rings. The molecule has 0 atom stereocenters. The zero-order valence-electron chi connectivity index (χ0n) is 12.1. The minimum absolute atomic E-state index is 0.0163. The van der Waals surface area contributed by atoms with Crippen molar-refractivity contribution in [2.45, 2.75) is 12.8 Å². The van der Waals surface area contributed by atoms with Crippen LogP contribution in [-0.4, -0.2) is 49.3 Å². The van der Waals surface area contributed by atoms with E-state index >= 15 is 0 Å². The van der Waals surface area contributed by atoms with E-state index in [9.17, 15) is 9.90 Å². The summed E-state index contributed by atoms with van der Waals surface area (Å²) in [6, 6.07) is 4.69. The lowest BCUT2D eigenvalue weighted by molar-refractivity contribution is -0.115. The Morgan fingerprint density at radius 1 is 1.38 bits per heavy atom. The average molecular weight is 296 g/mol. The lowest BCUT2D eigenvalue weighted by Crippen LogP contribution is -2.33. The number of oxime groups is 1. The summed E-state index contributed by atoms with van der Waals surface area (Å²) >= 11 is 0. The number of aromatic hydroxyl groups is 1. The van der Waals surface area contributed by atoms with Gasteiger partial charge in [0.15, 0.2) is 0 Å². The predicted molar refractivity (Wildman–Crippen MR) is 77.1 cm³/mol. The van der Waals surface area contributed by atoms with Gasteiger partial charge in [0.2, 0.25) is 0 Å². The van der Waals surface area contributed by atoms with Crippen LogP contribution in [0.25, 0.3) is 0 Å². The summed E-state index contributed by atoms with van der Waals surface area (Å²) in [5.41, 5.74) is 0.392. The first-order valence-corrected chi connectivity index (χ1v) is 6.46. The molecule has 0 saturated heterocycles. The Balaban J connectivity index is 2.63. The van der Waals surface area contributed by atoms with Crippen molar-refractivity contribution in [3.8, 4) is 11.5 Å². The van der Waals surface area contributed by atoms with Crippen LogP contribution in [0, 0.1) is 0 Å². The van der Waals surface area contributed by atoms with Crippen LogP contribution >= 0.6 is 0 Å². The molecule has 0 heterocycles. The van der Waals surface area contributed by atoms with Crippen molar-refractivity contribution in [2.24, 2.45) is 5.16 Å². The molecule has 0 aliphatic rings. The molecule has 7 nitrogen and oxygen atoms in total. The zero-order valence-corrected chi connectivity index (χ0v) is 12.1. The van der Waals surface area contributed by atoms with E-state index < -0.39 is 5.91 Å². The number of phenols is 1. The number of phenolic OH excluding ortho intramolecular Hbond substituents is 1. The van der Waals surface area contributed by atoms with Crippen LogP contribution in [0.15, 0.2) is 23.4 Å². The third-order valence-corrected chi connectivity index (χ3v) is 2.84. The van der Waals surface area contributed by atoms with Crippen LogP contribution in [-0.2, 0) is 16.0 Å². The lowest BCUT2D eigenvalue weighted by atomic mass is 10.1. The van der Waals surface area contributed by atoms with E-state index in [-0.39, 0.29) is 17.9 Å². The van der Waals surface area contributed by atoms with E-state index in [4.69, 9.17) is 14.7 Å². The highest BCUT2D eigenvalue weighted by Gasteiger charge is 2.15. The Kier molecular flexibility index (Phi) is 7.03. The van der Waals surface area contributed by atoms with Gasteiger partial charge in [0.05, 0.1) is 7.11 Å². The molecule has 0 fully saturated rings. The maximum absolute atomic E-state index is 11.8.